The quantitative estimate of drug-likeness (QED) is 0.180. The molecule has 0 aliphatic carbocycles. The molecule has 0 bridgehead atoms. The van der Waals surface area contributed by atoms with E-state index in [4.69, 9.17) is 15.5 Å². The van der Waals surface area contributed by atoms with Gasteiger partial charge in [0, 0.05) is 21.7 Å². The Hall–Kier alpha value is -0.950. The van der Waals surface area contributed by atoms with Gasteiger partial charge in [0.25, 0.3) is 0 Å². The van der Waals surface area contributed by atoms with Gasteiger partial charge in [-0.05, 0) is 69.5 Å². The molecule has 5 nitrogen and oxygen atoms in total. The van der Waals surface area contributed by atoms with Crippen molar-refractivity contribution in [2.45, 2.75) is 56.4 Å². The van der Waals surface area contributed by atoms with Crippen molar-refractivity contribution < 1.29 is 19.1 Å². The van der Waals surface area contributed by atoms with Crippen molar-refractivity contribution in [2.75, 3.05) is 11.9 Å². The lowest BCUT2D eigenvalue weighted by atomic mass is 9.94. The topological polar surface area (TPSA) is 101 Å². The van der Waals surface area contributed by atoms with E-state index in [1.54, 1.807) is 11.8 Å². The smallest absolute Gasteiger partial charge is 0.325 e. The van der Waals surface area contributed by atoms with Crippen molar-refractivity contribution in [1.29, 1.82) is 0 Å². The van der Waals surface area contributed by atoms with E-state index >= 15 is 0 Å². The van der Waals surface area contributed by atoms with Crippen LogP contribution in [-0.2, 0) is 11.0 Å². The number of ketones is 1. The molecule has 0 fully saturated rings. The summed E-state index contributed by atoms with van der Waals surface area (Å²) < 4.78 is 11.0. The number of nitrogens with two attached hydrogens (primary N) is 1. The van der Waals surface area contributed by atoms with Gasteiger partial charge in [-0.25, -0.2) is 0 Å². The van der Waals surface area contributed by atoms with Crippen molar-refractivity contribution >= 4 is 36.5 Å². The fourth-order valence-electron chi connectivity index (χ4n) is 2.85. The summed E-state index contributed by atoms with van der Waals surface area (Å²) in [5.41, 5.74) is 6.78. The summed E-state index contributed by atoms with van der Waals surface area (Å²) in [6.45, 7) is 3.89. The molecule has 0 radical (unpaired) electrons. The SMILES string of the molecule is Cc1cccc(SCCCC(=O)c2ccc(CCC(C)(N)CCP(=O)(O)O)s2)c1. The monoisotopic (exact) mass is 455 g/mol. The summed E-state index contributed by atoms with van der Waals surface area (Å²) in [6, 6.07) is 12.2. The number of hydrogen-bond acceptors (Lipinski definition) is 5. The van der Waals surface area contributed by atoms with Crippen molar-refractivity contribution in [3.63, 3.8) is 0 Å². The van der Waals surface area contributed by atoms with Crippen LogP contribution in [-0.4, -0.2) is 33.0 Å². The first-order valence-electron chi connectivity index (χ1n) is 9.69. The van der Waals surface area contributed by atoms with Gasteiger partial charge in [-0.3, -0.25) is 9.36 Å². The molecule has 1 atom stereocenters. The van der Waals surface area contributed by atoms with Gasteiger partial charge in [-0.1, -0.05) is 17.7 Å². The van der Waals surface area contributed by atoms with Crippen LogP contribution in [0.3, 0.4) is 0 Å². The van der Waals surface area contributed by atoms with Crippen LogP contribution in [0.15, 0.2) is 41.3 Å². The van der Waals surface area contributed by atoms with Gasteiger partial charge in [0.2, 0.25) is 0 Å². The second kappa shape index (κ2) is 10.9. The Kier molecular flexibility index (Phi) is 9.14. The third-order valence-electron chi connectivity index (χ3n) is 4.66. The molecule has 0 amide bonds. The molecular formula is C21H30NO4PS2. The Labute approximate surface area is 181 Å². The highest BCUT2D eigenvalue weighted by molar-refractivity contribution is 7.99. The lowest BCUT2D eigenvalue weighted by molar-refractivity contribution is 0.0986. The number of rotatable bonds is 12. The van der Waals surface area contributed by atoms with Crippen LogP contribution >= 0.6 is 30.7 Å². The summed E-state index contributed by atoms with van der Waals surface area (Å²) in [7, 11) is -4.03. The molecular weight excluding hydrogens is 425 g/mol. The van der Waals surface area contributed by atoms with Gasteiger partial charge in [-0.2, -0.15) is 0 Å². The zero-order valence-corrected chi connectivity index (χ0v) is 19.5. The minimum absolute atomic E-state index is 0.170. The molecule has 1 unspecified atom stereocenters. The molecule has 1 aromatic carbocycles. The Morgan fingerprint density at radius 3 is 2.69 bits per heavy atom. The Balaban J connectivity index is 1.74. The van der Waals surface area contributed by atoms with Crippen LogP contribution in [0.4, 0.5) is 0 Å². The molecule has 0 saturated heterocycles. The molecule has 0 aliphatic rings. The van der Waals surface area contributed by atoms with Crippen LogP contribution in [0, 0.1) is 6.92 Å². The van der Waals surface area contributed by atoms with Crippen molar-refractivity contribution in [2.24, 2.45) is 5.73 Å². The average Bonchev–Trinajstić information content (AvgIpc) is 3.11. The maximum atomic E-state index is 12.4. The molecule has 1 aromatic heterocycles. The van der Waals surface area contributed by atoms with Crippen LogP contribution in [0.1, 0.15) is 52.7 Å². The van der Waals surface area contributed by atoms with Gasteiger partial charge in [0.05, 0.1) is 11.0 Å². The van der Waals surface area contributed by atoms with Gasteiger partial charge in [0.1, 0.15) is 0 Å². The molecule has 0 saturated carbocycles. The zero-order chi connectivity index (χ0) is 21.5. The highest BCUT2D eigenvalue weighted by atomic mass is 32.2. The number of benzene rings is 1. The third kappa shape index (κ3) is 9.60. The Bertz CT molecular complexity index is 860. The van der Waals surface area contributed by atoms with Gasteiger partial charge in [0.15, 0.2) is 5.78 Å². The minimum atomic E-state index is -4.03. The van der Waals surface area contributed by atoms with E-state index in [2.05, 4.69) is 31.2 Å². The normalized spacial score (nSPS) is 14.0. The molecule has 8 heteroatoms. The summed E-state index contributed by atoms with van der Waals surface area (Å²) in [5, 5.41) is 0. The second-order valence-electron chi connectivity index (χ2n) is 7.75. The number of thiophene rings is 1. The minimum Gasteiger partial charge on any atom is -0.325 e. The van der Waals surface area contributed by atoms with Crippen LogP contribution in [0.25, 0.3) is 0 Å². The molecule has 2 rings (SSSR count). The van der Waals surface area contributed by atoms with E-state index in [1.807, 2.05) is 19.1 Å². The van der Waals surface area contributed by atoms with Gasteiger partial charge >= 0.3 is 7.60 Å². The Morgan fingerprint density at radius 2 is 2.00 bits per heavy atom. The van der Waals surface area contributed by atoms with Crippen LogP contribution in [0.2, 0.25) is 0 Å². The number of aryl methyl sites for hydroxylation is 2. The average molecular weight is 456 g/mol. The lowest BCUT2D eigenvalue weighted by Gasteiger charge is -2.24. The van der Waals surface area contributed by atoms with E-state index in [0.717, 1.165) is 21.9 Å². The van der Waals surface area contributed by atoms with Crippen LogP contribution in [0.5, 0.6) is 0 Å². The number of carbonyl (C=O) groups is 1. The fourth-order valence-corrected chi connectivity index (χ4v) is 5.59. The van der Waals surface area contributed by atoms with Crippen molar-refractivity contribution in [3.05, 3.63) is 51.7 Å². The first-order chi connectivity index (χ1) is 13.5. The summed E-state index contributed by atoms with van der Waals surface area (Å²) in [6.07, 6.45) is 2.77. The van der Waals surface area contributed by atoms with Gasteiger partial charge < -0.3 is 15.5 Å². The number of thioether (sulfide) groups is 1. The summed E-state index contributed by atoms with van der Waals surface area (Å²) >= 11 is 3.27. The number of carbonyl (C=O) groups excluding carboxylic acids is 1. The maximum Gasteiger partial charge on any atom is 0.325 e. The maximum absolute atomic E-state index is 12.4. The number of Topliss-reactive ketones (excluding diaryl/α,β-unsaturated/α-hetero) is 1. The Morgan fingerprint density at radius 1 is 1.24 bits per heavy atom. The summed E-state index contributed by atoms with van der Waals surface area (Å²) in [5.74, 6) is 1.08. The molecule has 29 heavy (non-hydrogen) atoms. The highest BCUT2D eigenvalue weighted by Gasteiger charge is 2.24. The van der Waals surface area contributed by atoms with Crippen LogP contribution < -0.4 is 5.73 Å². The first-order valence-corrected chi connectivity index (χ1v) is 13.3. The van der Waals surface area contributed by atoms with Crippen molar-refractivity contribution in [3.8, 4) is 0 Å². The highest BCUT2D eigenvalue weighted by Crippen LogP contribution is 2.37. The number of hydrogen-bond donors (Lipinski definition) is 3. The molecule has 2 aromatic rings. The first kappa shape index (κ1) is 24.3. The van der Waals surface area contributed by atoms with E-state index in [-0.39, 0.29) is 18.4 Å². The van der Waals surface area contributed by atoms with E-state index in [0.29, 0.717) is 19.3 Å². The van der Waals surface area contributed by atoms with Gasteiger partial charge in [-0.15, -0.1) is 23.1 Å². The molecule has 160 valence electrons. The predicted molar refractivity (Wildman–Crippen MR) is 122 cm³/mol. The van der Waals surface area contributed by atoms with E-state index in [1.165, 1.54) is 21.8 Å². The lowest BCUT2D eigenvalue weighted by Crippen LogP contribution is -2.37. The second-order valence-corrected chi connectivity index (χ2v) is 11.9. The fraction of sp³-hybridized carbons (Fsp3) is 0.476. The molecule has 4 N–H and O–H groups in total. The largest absolute Gasteiger partial charge is 0.325 e. The molecule has 0 aliphatic heterocycles. The standard InChI is InChI=1S/C21H30NO4PS2/c1-16-5-3-6-18(15-16)28-14-4-7-19(23)20-9-8-17(29-20)10-11-21(2,22)12-13-27(24,25)26/h3,5-6,8-9,15H,4,7,10-14,22H2,1-2H3,(H2,24,25,26). The predicted octanol–water partition coefficient (Wildman–Crippen LogP) is 5.03. The molecule has 0 spiro atoms. The van der Waals surface area contributed by atoms with E-state index in [9.17, 15) is 9.36 Å². The van der Waals surface area contributed by atoms with E-state index < -0.39 is 13.1 Å². The summed E-state index contributed by atoms with van der Waals surface area (Å²) in [4.78, 5) is 33.5. The zero-order valence-electron chi connectivity index (χ0n) is 17.0. The van der Waals surface area contributed by atoms with Crippen molar-refractivity contribution in [1.82, 2.24) is 0 Å². The molecule has 1 heterocycles. The third-order valence-corrected chi connectivity index (χ3v) is 7.73.